The van der Waals surface area contributed by atoms with Crippen molar-refractivity contribution in [2.24, 2.45) is 5.73 Å². The molecule has 3 aromatic rings. The number of ether oxygens (including phenoxy) is 2. The van der Waals surface area contributed by atoms with Gasteiger partial charge in [-0.3, -0.25) is 9.59 Å². The first-order valence-corrected chi connectivity index (χ1v) is 13.3. The Bertz CT molecular complexity index is 1530. The second-order valence-electron chi connectivity index (χ2n) is 9.49. The summed E-state index contributed by atoms with van der Waals surface area (Å²) in [6.45, 7) is 2.22. The quantitative estimate of drug-likeness (QED) is 0.327. The molecular formula is C31H28ClN3O5. The molecule has 0 aromatic heterocycles. The first kappa shape index (κ1) is 27.0. The monoisotopic (exact) mass is 557 g/mol. The lowest BCUT2D eigenvalue weighted by molar-refractivity contribution is -0.114. The molecule has 4 N–H and O–H groups in total. The van der Waals surface area contributed by atoms with Crippen LogP contribution < -0.4 is 25.8 Å². The Kier molecular flexibility index (Phi) is 7.89. The number of allylic oxidation sites excluding steroid dienone is 2. The molecule has 2 unspecified atom stereocenters. The van der Waals surface area contributed by atoms with Gasteiger partial charge in [-0.05, 0) is 43.7 Å². The molecule has 8 nitrogen and oxygen atoms in total. The normalized spacial score (nSPS) is 18.0. The van der Waals surface area contributed by atoms with Gasteiger partial charge in [0.15, 0.2) is 5.78 Å². The summed E-state index contributed by atoms with van der Waals surface area (Å²) in [4.78, 5) is 38.2. The number of carbonyl (C=O) groups is 3. The Morgan fingerprint density at radius 1 is 1.02 bits per heavy atom. The van der Waals surface area contributed by atoms with Crippen LogP contribution in [-0.2, 0) is 4.79 Å². The maximum atomic E-state index is 13.3. The third-order valence-electron chi connectivity index (χ3n) is 6.74. The maximum absolute atomic E-state index is 13.3. The van der Waals surface area contributed by atoms with Crippen molar-refractivity contribution in [1.82, 2.24) is 5.32 Å². The molecule has 3 aromatic carbocycles. The number of anilines is 1. The fourth-order valence-corrected chi connectivity index (χ4v) is 5.18. The molecule has 9 heteroatoms. The second kappa shape index (κ2) is 11.7. The number of carbonyl (C=O) groups excluding carboxylic acids is 3. The minimum atomic E-state index is -0.634. The zero-order valence-corrected chi connectivity index (χ0v) is 22.5. The Labute approximate surface area is 236 Å². The maximum Gasteiger partial charge on any atom is 0.323 e. The van der Waals surface area contributed by atoms with Crippen LogP contribution in [0.25, 0.3) is 0 Å². The van der Waals surface area contributed by atoms with E-state index in [0.717, 1.165) is 5.56 Å². The van der Waals surface area contributed by atoms with E-state index in [2.05, 4.69) is 10.6 Å². The second-order valence-corrected chi connectivity index (χ2v) is 9.89. The molecule has 0 bridgehead atoms. The van der Waals surface area contributed by atoms with Crippen LogP contribution in [0, 0.1) is 0 Å². The highest BCUT2D eigenvalue weighted by Gasteiger charge is 2.32. The van der Waals surface area contributed by atoms with Crippen LogP contribution in [0.1, 0.15) is 53.3 Å². The summed E-state index contributed by atoms with van der Waals surface area (Å²) in [5.41, 5.74) is 8.84. The predicted molar refractivity (Wildman–Crippen MR) is 153 cm³/mol. The number of rotatable bonds is 7. The molecule has 0 fully saturated rings. The number of halogens is 1. The van der Waals surface area contributed by atoms with E-state index in [4.69, 9.17) is 26.8 Å². The van der Waals surface area contributed by atoms with Crippen molar-refractivity contribution in [1.29, 1.82) is 0 Å². The first-order chi connectivity index (χ1) is 19.3. The fourth-order valence-electron chi connectivity index (χ4n) is 4.92. The summed E-state index contributed by atoms with van der Waals surface area (Å²) in [7, 11) is 0. The molecule has 0 saturated carbocycles. The fraction of sp³-hybridized carbons (Fsp3) is 0.194. The van der Waals surface area contributed by atoms with Crippen LogP contribution in [0.3, 0.4) is 0 Å². The lowest BCUT2D eigenvalue weighted by Gasteiger charge is -2.29. The number of benzene rings is 3. The molecule has 0 saturated heterocycles. The Morgan fingerprint density at radius 2 is 1.77 bits per heavy atom. The molecular weight excluding hydrogens is 530 g/mol. The minimum Gasteiger partial charge on any atom is -0.493 e. The average molecular weight is 558 g/mol. The molecule has 5 rings (SSSR count). The summed E-state index contributed by atoms with van der Waals surface area (Å²) in [5, 5.41) is 6.11. The molecule has 1 aliphatic carbocycles. The van der Waals surface area contributed by atoms with Crippen molar-refractivity contribution in [2.45, 2.75) is 31.8 Å². The molecule has 40 heavy (non-hydrogen) atoms. The van der Waals surface area contributed by atoms with E-state index in [9.17, 15) is 14.4 Å². The highest BCUT2D eigenvalue weighted by molar-refractivity contribution is 6.31. The number of amides is 3. The first-order valence-electron chi connectivity index (χ1n) is 12.9. The van der Waals surface area contributed by atoms with Crippen molar-refractivity contribution in [3.8, 4) is 11.5 Å². The summed E-state index contributed by atoms with van der Waals surface area (Å²) >= 11 is 6.37. The van der Waals surface area contributed by atoms with Crippen LogP contribution in [0.5, 0.6) is 11.5 Å². The number of hydrogen-bond donors (Lipinski definition) is 3. The smallest absolute Gasteiger partial charge is 0.323 e. The third-order valence-corrected chi connectivity index (χ3v) is 7.09. The number of urea groups is 1. The zero-order chi connectivity index (χ0) is 28.2. The summed E-state index contributed by atoms with van der Waals surface area (Å²) in [6.07, 6.45) is 3.24. The van der Waals surface area contributed by atoms with Crippen molar-refractivity contribution in [2.75, 3.05) is 11.9 Å². The topological polar surface area (TPSA) is 120 Å². The summed E-state index contributed by atoms with van der Waals surface area (Å²) in [5.74, 6) is -0.222. The number of ketones is 1. The van der Waals surface area contributed by atoms with Crippen molar-refractivity contribution >= 4 is 35.0 Å². The number of fused-ring (bicyclic) bond motifs is 1. The number of nitrogens with two attached hydrogens (primary N) is 1. The van der Waals surface area contributed by atoms with Crippen LogP contribution in [0.15, 0.2) is 90.2 Å². The highest BCUT2D eigenvalue weighted by Crippen LogP contribution is 2.44. The molecule has 1 aliphatic heterocycles. The van der Waals surface area contributed by atoms with Gasteiger partial charge in [0, 0.05) is 45.1 Å². The van der Waals surface area contributed by atoms with Crippen LogP contribution >= 0.6 is 11.6 Å². The molecule has 204 valence electrons. The predicted octanol–water partition coefficient (Wildman–Crippen LogP) is 6.05. The Hall–Kier alpha value is -4.56. The largest absolute Gasteiger partial charge is 0.493 e. The molecule has 2 aliphatic rings. The van der Waals surface area contributed by atoms with Crippen molar-refractivity contribution in [3.63, 3.8) is 0 Å². The molecule has 1 heterocycles. The van der Waals surface area contributed by atoms with Gasteiger partial charge < -0.3 is 25.8 Å². The molecule has 0 spiro atoms. The van der Waals surface area contributed by atoms with E-state index < -0.39 is 24.0 Å². The molecule has 3 amide bonds. The van der Waals surface area contributed by atoms with Gasteiger partial charge in [-0.1, -0.05) is 54.1 Å². The summed E-state index contributed by atoms with van der Waals surface area (Å²) < 4.78 is 12.2. The number of para-hydroxylation sites is 1. The van der Waals surface area contributed by atoms with Gasteiger partial charge in [-0.2, -0.15) is 0 Å². The lowest BCUT2D eigenvalue weighted by atomic mass is 9.85. The van der Waals surface area contributed by atoms with E-state index in [1.807, 2.05) is 43.3 Å². The number of hydrogen-bond acceptors (Lipinski definition) is 5. The average Bonchev–Trinajstić information content (AvgIpc) is 2.93. The standard InChI is InChI=1S/C31H28ClN3O5/c1-2-39-27-17-29-24(26(36)16-28(40-29)22-10-6-7-11-25(22)32)15-23(27)18-12-19(30(33)37)14-21(13-18)35-31(38)34-20-8-4-3-5-9-20/h3-12,14-15,17-18,28H,2,13,16H2,1H3,(H2,33,37)(H2,34,35,38). The van der Waals surface area contributed by atoms with Crippen LogP contribution in [0.2, 0.25) is 5.02 Å². The number of Topliss-reactive ketones (excluding diaryl/α,β-unsaturated/α-hetero) is 1. The third kappa shape index (κ3) is 5.87. The van der Waals surface area contributed by atoms with Gasteiger partial charge in [0.05, 0.1) is 18.6 Å². The zero-order valence-electron chi connectivity index (χ0n) is 21.8. The number of nitrogens with one attached hydrogen (secondary N) is 2. The van der Waals surface area contributed by atoms with Gasteiger partial charge in [-0.25, -0.2) is 4.79 Å². The highest BCUT2D eigenvalue weighted by atomic mass is 35.5. The van der Waals surface area contributed by atoms with Gasteiger partial charge in [-0.15, -0.1) is 0 Å². The minimum absolute atomic E-state index is 0.0958. The van der Waals surface area contributed by atoms with E-state index in [0.29, 0.717) is 52.1 Å². The van der Waals surface area contributed by atoms with Gasteiger partial charge >= 0.3 is 6.03 Å². The van der Waals surface area contributed by atoms with E-state index >= 15 is 0 Å². The SMILES string of the molecule is CCOc1cc2c(cc1C1C=C(C(N)=O)C=C(NC(=O)Nc3ccccc3)C1)C(=O)CC(c1ccccc1Cl)O2. The molecule has 0 radical (unpaired) electrons. The van der Waals surface area contributed by atoms with Crippen LogP contribution in [0.4, 0.5) is 10.5 Å². The van der Waals surface area contributed by atoms with Crippen LogP contribution in [-0.4, -0.2) is 24.3 Å². The number of primary amides is 1. The van der Waals surface area contributed by atoms with Gasteiger partial charge in [0.1, 0.15) is 17.6 Å². The Morgan fingerprint density at radius 3 is 2.50 bits per heavy atom. The van der Waals surface area contributed by atoms with E-state index in [1.165, 1.54) is 0 Å². The Balaban J connectivity index is 1.45. The summed E-state index contributed by atoms with van der Waals surface area (Å²) in [6, 6.07) is 19.3. The van der Waals surface area contributed by atoms with Gasteiger partial charge in [0.25, 0.3) is 0 Å². The van der Waals surface area contributed by atoms with Crippen molar-refractivity contribution in [3.05, 3.63) is 112 Å². The van der Waals surface area contributed by atoms with Crippen molar-refractivity contribution < 1.29 is 23.9 Å². The lowest BCUT2D eigenvalue weighted by Crippen LogP contribution is -2.30. The van der Waals surface area contributed by atoms with Gasteiger partial charge in [0.2, 0.25) is 5.91 Å². The van der Waals surface area contributed by atoms with E-state index in [1.54, 1.807) is 42.5 Å². The molecule has 2 atom stereocenters. The van der Waals surface area contributed by atoms with E-state index in [-0.39, 0.29) is 17.8 Å².